The maximum Gasteiger partial charge on any atom is 0.263 e. The summed E-state index contributed by atoms with van der Waals surface area (Å²) < 4.78 is 17.4. The van der Waals surface area contributed by atoms with Crippen LogP contribution in [0.25, 0.3) is 22.0 Å². The van der Waals surface area contributed by atoms with Gasteiger partial charge in [0.15, 0.2) is 5.67 Å². The Kier molecular flexibility index (Phi) is 5.79. The number of carbonyl (C=O) groups excluding carboxylic acids is 1. The van der Waals surface area contributed by atoms with E-state index in [4.69, 9.17) is 0 Å². The van der Waals surface area contributed by atoms with Crippen molar-refractivity contribution >= 4 is 22.5 Å². The number of hydrogen-bond acceptors (Lipinski definition) is 4. The third-order valence-corrected chi connectivity index (χ3v) is 6.16. The number of carbonyl (C=O) groups is 1. The molecule has 1 aliphatic rings. The Morgan fingerprint density at radius 3 is 2.55 bits per heavy atom. The summed E-state index contributed by atoms with van der Waals surface area (Å²) in [6.07, 6.45) is 3.98. The number of rotatable bonds is 5. The number of anilines is 1. The van der Waals surface area contributed by atoms with Gasteiger partial charge in [-0.1, -0.05) is 26.0 Å². The van der Waals surface area contributed by atoms with Gasteiger partial charge in [-0.15, -0.1) is 0 Å². The average molecular weight is 424 g/mol. The summed E-state index contributed by atoms with van der Waals surface area (Å²) in [5, 5.41) is 4.60. The smallest absolute Gasteiger partial charge is 0.263 e. The van der Waals surface area contributed by atoms with Crippen LogP contribution in [-0.4, -0.2) is 50.6 Å². The number of hydrogen-bond donors (Lipinski definition) is 1. The number of pyridine rings is 1. The lowest BCUT2D eigenvalue weighted by Gasteiger charge is -2.36. The van der Waals surface area contributed by atoms with Crippen LogP contribution in [0.5, 0.6) is 0 Å². The van der Waals surface area contributed by atoms with E-state index in [1.54, 1.807) is 12.3 Å². The van der Waals surface area contributed by atoms with Gasteiger partial charge in [-0.05, 0) is 30.4 Å². The molecule has 2 aromatic heterocycles. The molecule has 0 radical (unpaired) electrons. The van der Waals surface area contributed by atoms with Gasteiger partial charge in [-0.3, -0.25) is 4.79 Å². The second kappa shape index (κ2) is 8.38. The fourth-order valence-electron chi connectivity index (χ4n) is 4.20. The first-order chi connectivity index (χ1) is 14.7. The van der Waals surface area contributed by atoms with Gasteiger partial charge in [0.05, 0.1) is 11.9 Å². The van der Waals surface area contributed by atoms with Crippen LogP contribution in [0.3, 0.4) is 0 Å². The fourth-order valence-corrected chi connectivity index (χ4v) is 4.20. The van der Waals surface area contributed by atoms with Crippen molar-refractivity contribution < 1.29 is 9.18 Å². The summed E-state index contributed by atoms with van der Waals surface area (Å²) in [5.74, 6) is 1.24. The third-order valence-electron chi connectivity index (χ3n) is 6.16. The third kappa shape index (κ3) is 4.46. The molecule has 1 aromatic carbocycles. The van der Waals surface area contributed by atoms with E-state index in [9.17, 15) is 4.79 Å². The van der Waals surface area contributed by atoms with Crippen LogP contribution in [0.2, 0.25) is 0 Å². The number of halogens is 1. The summed E-state index contributed by atoms with van der Waals surface area (Å²) in [4.78, 5) is 23.6. The van der Waals surface area contributed by atoms with E-state index in [2.05, 4.69) is 34.0 Å². The number of nitrogens with one attached hydrogen (secondary N) is 1. The van der Waals surface area contributed by atoms with E-state index in [0.29, 0.717) is 24.8 Å². The van der Waals surface area contributed by atoms with Crippen molar-refractivity contribution in [2.24, 2.45) is 13.0 Å². The minimum Gasteiger partial charge on any atom is -0.331 e. The highest BCUT2D eigenvalue weighted by Gasteiger charge is 2.41. The lowest BCUT2D eigenvalue weighted by atomic mass is 9.92. The number of benzene rings is 1. The number of alkyl halides is 1. The molecule has 0 bridgehead atoms. The Morgan fingerprint density at radius 2 is 1.90 bits per heavy atom. The number of aryl methyl sites for hydroxylation is 1. The zero-order chi connectivity index (χ0) is 22.2. The van der Waals surface area contributed by atoms with Crippen molar-refractivity contribution in [1.29, 1.82) is 0 Å². The fraction of sp³-hybridized carbons (Fsp3) is 0.458. The summed E-state index contributed by atoms with van der Waals surface area (Å²) >= 11 is 0. The number of fused-ring (bicyclic) bond motifs is 1. The van der Waals surface area contributed by atoms with Crippen LogP contribution in [0, 0.1) is 12.8 Å². The van der Waals surface area contributed by atoms with Crippen molar-refractivity contribution in [2.75, 3.05) is 25.0 Å². The second-order valence-corrected chi connectivity index (χ2v) is 9.00. The first-order valence-corrected chi connectivity index (χ1v) is 10.9. The largest absolute Gasteiger partial charge is 0.331 e. The van der Waals surface area contributed by atoms with Gasteiger partial charge in [-0.2, -0.15) is 0 Å². The second-order valence-electron chi connectivity index (χ2n) is 9.00. The van der Waals surface area contributed by atoms with Crippen LogP contribution in [-0.2, 0) is 11.8 Å². The summed E-state index contributed by atoms with van der Waals surface area (Å²) in [5.41, 5.74) is 0.189. The summed E-state index contributed by atoms with van der Waals surface area (Å²) in [6.45, 7) is 8.39. The average Bonchev–Trinajstić information content (AvgIpc) is 3.07. The molecule has 0 saturated carbocycles. The highest BCUT2D eigenvalue weighted by atomic mass is 19.1. The monoisotopic (exact) mass is 423 g/mol. The van der Waals surface area contributed by atoms with Gasteiger partial charge < -0.3 is 14.8 Å². The molecule has 7 heteroatoms. The molecule has 6 nitrogen and oxygen atoms in total. The minimum atomic E-state index is -1.85. The molecule has 0 spiro atoms. The van der Waals surface area contributed by atoms with E-state index in [-0.39, 0.29) is 12.8 Å². The summed E-state index contributed by atoms with van der Waals surface area (Å²) in [6, 6.07) is 7.86. The van der Waals surface area contributed by atoms with Crippen molar-refractivity contribution in [3.8, 4) is 11.3 Å². The number of aromatic nitrogens is 3. The minimum absolute atomic E-state index is 0.211. The zero-order valence-corrected chi connectivity index (χ0v) is 18.7. The van der Waals surface area contributed by atoms with Crippen LogP contribution in [0.15, 0.2) is 36.7 Å². The molecule has 1 fully saturated rings. The normalized spacial score (nSPS) is 16.7. The SMILES string of the molecule is Cc1ncc(-c2ccc3cnc(NC(=O)C4(F)CCN(CC(C)C)CC4)cc3c2)n1C. The highest BCUT2D eigenvalue weighted by Crippen LogP contribution is 2.30. The van der Waals surface area contributed by atoms with Gasteiger partial charge in [-0.25, -0.2) is 14.4 Å². The zero-order valence-electron chi connectivity index (χ0n) is 18.7. The standard InChI is InChI=1S/C24H30FN5O/c1-16(2)15-30-9-7-24(25,8-10-30)23(31)28-22-12-20-11-18(5-6-19(20)13-27-22)21-14-26-17(3)29(21)4/h5-6,11-14,16H,7-10,15H2,1-4H3,(H,27,28,31). The van der Waals surface area contributed by atoms with Crippen LogP contribution >= 0.6 is 0 Å². The molecule has 1 N–H and O–H groups in total. The Morgan fingerprint density at radius 1 is 1.16 bits per heavy atom. The molecule has 0 unspecified atom stereocenters. The maximum absolute atomic E-state index is 15.3. The van der Waals surface area contributed by atoms with E-state index < -0.39 is 11.6 Å². The van der Waals surface area contributed by atoms with Crippen LogP contribution in [0.1, 0.15) is 32.5 Å². The molecule has 164 valence electrons. The van der Waals surface area contributed by atoms with Gasteiger partial charge in [0.1, 0.15) is 11.6 Å². The number of nitrogens with zero attached hydrogens (tertiary/aromatic N) is 4. The van der Waals surface area contributed by atoms with Crippen molar-refractivity contribution in [3.05, 3.63) is 42.5 Å². The Hall–Kier alpha value is -2.80. The molecular formula is C24H30FN5O. The lowest BCUT2D eigenvalue weighted by molar-refractivity contribution is -0.130. The van der Waals surface area contributed by atoms with Gasteiger partial charge >= 0.3 is 0 Å². The Bertz CT molecular complexity index is 1100. The first kappa shape index (κ1) is 21.4. The van der Waals surface area contributed by atoms with Gasteiger partial charge in [0.25, 0.3) is 5.91 Å². The van der Waals surface area contributed by atoms with Crippen molar-refractivity contribution in [3.63, 3.8) is 0 Å². The van der Waals surface area contributed by atoms with E-state index >= 15 is 4.39 Å². The predicted molar refractivity (Wildman–Crippen MR) is 122 cm³/mol. The molecule has 0 aliphatic carbocycles. The van der Waals surface area contributed by atoms with Gasteiger partial charge in [0, 0.05) is 56.7 Å². The quantitative estimate of drug-likeness (QED) is 0.663. The van der Waals surface area contributed by atoms with Crippen LogP contribution in [0.4, 0.5) is 10.2 Å². The number of amides is 1. The van der Waals surface area contributed by atoms with Crippen molar-refractivity contribution in [1.82, 2.24) is 19.4 Å². The molecule has 3 aromatic rings. The molecular weight excluding hydrogens is 393 g/mol. The molecule has 0 atom stereocenters. The number of piperidine rings is 1. The molecule has 31 heavy (non-hydrogen) atoms. The highest BCUT2D eigenvalue weighted by molar-refractivity contribution is 5.98. The van der Waals surface area contributed by atoms with E-state index in [0.717, 1.165) is 34.4 Å². The molecule has 4 rings (SSSR count). The predicted octanol–water partition coefficient (Wildman–Crippen LogP) is 4.34. The van der Waals surface area contributed by atoms with Crippen LogP contribution < -0.4 is 5.32 Å². The molecule has 1 saturated heterocycles. The van der Waals surface area contributed by atoms with E-state index in [1.165, 1.54) is 0 Å². The maximum atomic E-state index is 15.3. The van der Waals surface area contributed by atoms with E-state index in [1.807, 2.05) is 42.9 Å². The molecule has 1 amide bonds. The topological polar surface area (TPSA) is 63.1 Å². The first-order valence-electron chi connectivity index (χ1n) is 10.9. The molecule has 1 aliphatic heterocycles. The summed E-state index contributed by atoms with van der Waals surface area (Å²) in [7, 11) is 1.98. The lowest BCUT2D eigenvalue weighted by Crippen LogP contribution is -2.49. The van der Waals surface area contributed by atoms with Gasteiger partial charge in [0.2, 0.25) is 0 Å². The Balaban J connectivity index is 1.50. The Labute approximate surface area is 182 Å². The number of likely N-dealkylation sites (tertiary alicyclic amines) is 1. The van der Waals surface area contributed by atoms with Crippen molar-refractivity contribution in [2.45, 2.75) is 39.3 Å². The molecule has 3 heterocycles. The number of imidazole rings is 1.